The van der Waals surface area contributed by atoms with Crippen molar-refractivity contribution in [1.82, 2.24) is 9.29 Å². The summed E-state index contributed by atoms with van der Waals surface area (Å²) in [5, 5.41) is 15.3. The number of aromatic nitrogens is 1. The number of hydrogen-bond acceptors (Lipinski definition) is 6. The lowest BCUT2D eigenvalue weighted by molar-refractivity contribution is -0.120. The highest BCUT2D eigenvalue weighted by molar-refractivity contribution is 7.92. The molecule has 2 heterocycles. The quantitative estimate of drug-likeness (QED) is 0.568. The van der Waals surface area contributed by atoms with Crippen molar-refractivity contribution in [2.45, 2.75) is 12.8 Å². The molecule has 0 unspecified atom stereocenters. The van der Waals surface area contributed by atoms with E-state index in [1.54, 1.807) is 18.2 Å². The minimum atomic E-state index is -3.53. The molecule has 7 nitrogen and oxygen atoms in total. The van der Waals surface area contributed by atoms with Crippen LogP contribution in [0.3, 0.4) is 0 Å². The number of amides is 1. The van der Waals surface area contributed by atoms with E-state index in [1.165, 1.54) is 21.1 Å². The van der Waals surface area contributed by atoms with Crippen molar-refractivity contribution in [3.05, 3.63) is 76.5 Å². The standard InChI is InChI=1S/C24H22N4O3S2/c25-16-19-6-8-20(9-7-19)22-17-32-24(26-22)27-23(29)21-10-13-28(14-11-21)33(30,31)15-12-18-4-2-1-3-5-18/h1-9,12,15,17,21H,10-11,13-14H2,(H,26,27,29). The molecule has 0 radical (unpaired) electrons. The van der Waals surface area contributed by atoms with Gasteiger partial charge in [-0.25, -0.2) is 13.4 Å². The number of hydrogen-bond donors (Lipinski definition) is 1. The molecule has 1 aromatic heterocycles. The SMILES string of the molecule is N#Cc1ccc(-c2csc(NC(=O)C3CCN(S(=O)(=O)C=Cc4ccccc4)CC3)n2)cc1. The van der Waals surface area contributed by atoms with Crippen molar-refractivity contribution in [3.8, 4) is 17.3 Å². The fraction of sp³-hybridized carbons (Fsp3) is 0.208. The molecular weight excluding hydrogens is 456 g/mol. The first kappa shape index (κ1) is 22.9. The lowest BCUT2D eigenvalue weighted by Crippen LogP contribution is -2.40. The average molecular weight is 479 g/mol. The van der Waals surface area contributed by atoms with Gasteiger partial charge in [0.15, 0.2) is 5.13 Å². The van der Waals surface area contributed by atoms with E-state index in [4.69, 9.17) is 5.26 Å². The zero-order valence-electron chi connectivity index (χ0n) is 17.7. The molecular formula is C24H22N4O3S2. The summed E-state index contributed by atoms with van der Waals surface area (Å²) < 4.78 is 26.7. The molecule has 1 aliphatic heterocycles. The van der Waals surface area contributed by atoms with E-state index in [2.05, 4.69) is 16.4 Å². The first-order chi connectivity index (χ1) is 15.9. The van der Waals surface area contributed by atoms with E-state index in [-0.39, 0.29) is 11.8 Å². The zero-order valence-corrected chi connectivity index (χ0v) is 19.3. The van der Waals surface area contributed by atoms with Crippen LogP contribution in [0.2, 0.25) is 0 Å². The van der Waals surface area contributed by atoms with Crippen LogP contribution in [0.4, 0.5) is 5.13 Å². The van der Waals surface area contributed by atoms with Crippen molar-refractivity contribution in [2.75, 3.05) is 18.4 Å². The van der Waals surface area contributed by atoms with Crippen LogP contribution in [0.1, 0.15) is 24.0 Å². The van der Waals surface area contributed by atoms with Gasteiger partial charge in [-0.3, -0.25) is 4.79 Å². The van der Waals surface area contributed by atoms with Crippen LogP contribution in [0.25, 0.3) is 17.3 Å². The van der Waals surface area contributed by atoms with Crippen LogP contribution < -0.4 is 5.32 Å². The Hall–Kier alpha value is -3.32. The number of thiazole rings is 1. The summed E-state index contributed by atoms with van der Waals surface area (Å²) in [6.07, 6.45) is 2.50. The second-order valence-electron chi connectivity index (χ2n) is 7.65. The topological polar surface area (TPSA) is 103 Å². The number of benzene rings is 2. The molecule has 1 amide bonds. The molecule has 1 fully saturated rings. The second kappa shape index (κ2) is 10.1. The Kier molecular flexibility index (Phi) is 6.99. The number of nitrogens with one attached hydrogen (secondary N) is 1. The molecule has 3 aromatic rings. The van der Waals surface area contributed by atoms with E-state index in [0.29, 0.717) is 36.6 Å². The molecule has 33 heavy (non-hydrogen) atoms. The Morgan fingerprint density at radius 3 is 2.48 bits per heavy atom. The third-order valence-electron chi connectivity index (χ3n) is 5.46. The Balaban J connectivity index is 1.32. The van der Waals surface area contributed by atoms with Crippen LogP contribution >= 0.6 is 11.3 Å². The number of piperidine rings is 1. The van der Waals surface area contributed by atoms with Gasteiger partial charge in [-0.1, -0.05) is 42.5 Å². The van der Waals surface area contributed by atoms with Crippen LogP contribution in [0, 0.1) is 17.2 Å². The number of nitriles is 1. The molecule has 4 rings (SSSR count). The van der Waals surface area contributed by atoms with Crippen LogP contribution in [0.5, 0.6) is 0 Å². The van der Waals surface area contributed by atoms with Gasteiger partial charge in [-0.15, -0.1) is 11.3 Å². The van der Waals surface area contributed by atoms with E-state index < -0.39 is 10.0 Å². The maximum Gasteiger partial charge on any atom is 0.236 e. The number of nitrogens with zero attached hydrogens (tertiary/aromatic N) is 3. The maximum atomic E-state index is 12.7. The Morgan fingerprint density at radius 1 is 1.12 bits per heavy atom. The van der Waals surface area contributed by atoms with Crippen LogP contribution in [0.15, 0.2) is 65.4 Å². The van der Waals surface area contributed by atoms with Crippen LogP contribution in [-0.2, 0) is 14.8 Å². The van der Waals surface area contributed by atoms with E-state index in [9.17, 15) is 13.2 Å². The predicted molar refractivity (Wildman–Crippen MR) is 130 cm³/mol. The molecule has 0 saturated carbocycles. The number of anilines is 1. The third-order valence-corrected chi connectivity index (χ3v) is 7.78. The summed E-state index contributed by atoms with van der Waals surface area (Å²) in [5.41, 5.74) is 2.99. The molecule has 168 valence electrons. The Morgan fingerprint density at radius 2 is 1.82 bits per heavy atom. The number of carbonyl (C=O) groups is 1. The molecule has 0 bridgehead atoms. The molecule has 9 heteroatoms. The fourth-order valence-electron chi connectivity index (χ4n) is 3.57. The highest BCUT2D eigenvalue weighted by Gasteiger charge is 2.30. The van der Waals surface area contributed by atoms with Gasteiger partial charge in [0.2, 0.25) is 15.9 Å². The first-order valence-corrected chi connectivity index (χ1v) is 12.8. The van der Waals surface area contributed by atoms with E-state index in [0.717, 1.165) is 16.8 Å². The normalized spacial score (nSPS) is 15.4. The molecule has 0 aliphatic carbocycles. The highest BCUT2D eigenvalue weighted by Crippen LogP contribution is 2.27. The largest absolute Gasteiger partial charge is 0.302 e. The first-order valence-electron chi connectivity index (χ1n) is 10.4. The summed E-state index contributed by atoms with van der Waals surface area (Å²) in [5.74, 6) is -0.413. The van der Waals surface area contributed by atoms with Crippen molar-refractivity contribution in [1.29, 1.82) is 5.26 Å². The van der Waals surface area contributed by atoms with Crippen LogP contribution in [-0.4, -0.2) is 36.7 Å². The molecule has 1 N–H and O–H groups in total. The summed E-state index contributed by atoms with van der Waals surface area (Å²) >= 11 is 1.33. The number of sulfonamides is 1. The third kappa shape index (κ3) is 5.73. The van der Waals surface area contributed by atoms with Gasteiger partial charge in [0.1, 0.15) is 0 Å². The van der Waals surface area contributed by atoms with Gasteiger partial charge in [0.05, 0.1) is 17.3 Å². The van der Waals surface area contributed by atoms with Gasteiger partial charge in [-0.05, 0) is 36.6 Å². The fourth-order valence-corrected chi connectivity index (χ4v) is 5.52. The van der Waals surface area contributed by atoms with Gasteiger partial charge in [0, 0.05) is 35.4 Å². The lowest BCUT2D eigenvalue weighted by atomic mass is 9.97. The number of carbonyl (C=O) groups excluding carboxylic acids is 1. The van der Waals surface area contributed by atoms with Gasteiger partial charge < -0.3 is 5.32 Å². The molecule has 1 saturated heterocycles. The second-order valence-corrected chi connectivity index (χ2v) is 10.3. The van der Waals surface area contributed by atoms with Gasteiger partial charge in [0.25, 0.3) is 0 Å². The average Bonchev–Trinajstić information content (AvgIpc) is 3.32. The molecule has 2 aromatic carbocycles. The highest BCUT2D eigenvalue weighted by atomic mass is 32.2. The maximum absolute atomic E-state index is 12.7. The summed E-state index contributed by atoms with van der Waals surface area (Å²) in [6, 6.07) is 18.4. The number of rotatable bonds is 6. The van der Waals surface area contributed by atoms with E-state index >= 15 is 0 Å². The Bertz CT molecular complexity index is 1290. The minimum Gasteiger partial charge on any atom is -0.302 e. The lowest BCUT2D eigenvalue weighted by Gasteiger charge is -2.29. The smallest absolute Gasteiger partial charge is 0.236 e. The molecule has 0 spiro atoms. The summed E-state index contributed by atoms with van der Waals surface area (Å²) in [4.78, 5) is 17.2. The molecule has 1 aliphatic rings. The van der Waals surface area contributed by atoms with Gasteiger partial charge >= 0.3 is 0 Å². The van der Waals surface area contributed by atoms with Crippen molar-refractivity contribution >= 4 is 38.5 Å². The van der Waals surface area contributed by atoms with Crippen molar-refractivity contribution < 1.29 is 13.2 Å². The summed E-state index contributed by atoms with van der Waals surface area (Å²) in [7, 11) is -3.53. The minimum absolute atomic E-state index is 0.146. The van der Waals surface area contributed by atoms with Crippen molar-refractivity contribution in [2.24, 2.45) is 5.92 Å². The molecule has 0 atom stereocenters. The van der Waals surface area contributed by atoms with Gasteiger partial charge in [-0.2, -0.15) is 9.57 Å². The Labute approximate surface area is 197 Å². The summed E-state index contributed by atoms with van der Waals surface area (Å²) in [6.45, 7) is 0.599. The van der Waals surface area contributed by atoms with E-state index in [1.807, 2.05) is 47.8 Å². The van der Waals surface area contributed by atoms with Crippen molar-refractivity contribution in [3.63, 3.8) is 0 Å². The zero-order chi connectivity index (χ0) is 23.3. The predicted octanol–water partition coefficient (Wildman–Crippen LogP) is 4.33. The monoisotopic (exact) mass is 478 g/mol.